The number of halogens is 1. The van der Waals surface area contributed by atoms with E-state index < -0.39 is 5.82 Å². The molecule has 0 amide bonds. The van der Waals surface area contributed by atoms with Gasteiger partial charge in [0.25, 0.3) is 0 Å². The van der Waals surface area contributed by atoms with Crippen molar-refractivity contribution in [2.24, 2.45) is 0 Å². The highest BCUT2D eigenvalue weighted by molar-refractivity contribution is 5.76. The van der Waals surface area contributed by atoms with Crippen LogP contribution in [0.2, 0.25) is 0 Å². The third-order valence-electron chi connectivity index (χ3n) is 3.33. The third kappa shape index (κ3) is 2.67. The maximum atomic E-state index is 13.3. The predicted octanol–water partition coefficient (Wildman–Crippen LogP) is 3.11. The molecule has 6 heteroatoms. The molecule has 0 unspecified atom stereocenters. The third-order valence-corrected chi connectivity index (χ3v) is 3.33. The van der Waals surface area contributed by atoms with Crippen LogP contribution < -0.4 is 5.73 Å². The van der Waals surface area contributed by atoms with Crippen molar-refractivity contribution < 1.29 is 4.39 Å². The van der Waals surface area contributed by atoms with Crippen LogP contribution in [0.1, 0.15) is 19.9 Å². The molecule has 2 heterocycles. The largest absolute Gasteiger partial charge is 0.383 e. The summed E-state index contributed by atoms with van der Waals surface area (Å²) in [5, 5.41) is 8.20. The zero-order valence-corrected chi connectivity index (χ0v) is 12.3. The maximum Gasteiger partial charge on any atom is 0.132 e. The first-order valence-electron chi connectivity index (χ1n) is 6.90. The Morgan fingerprint density at radius 3 is 2.77 bits per heavy atom. The Morgan fingerprint density at radius 1 is 1.27 bits per heavy atom. The number of pyridine rings is 1. The Bertz CT molecular complexity index is 810. The van der Waals surface area contributed by atoms with Crippen LogP contribution in [-0.4, -0.2) is 20.0 Å². The van der Waals surface area contributed by atoms with Crippen molar-refractivity contribution in [3.63, 3.8) is 0 Å². The Kier molecular flexibility index (Phi) is 3.58. The summed E-state index contributed by atoms with van der Waals surface area (Å²) in [7, 11) is 0. The van der Waals surface area contributed by atoms with Gasteiger partial charge in [-0.15, -0.1) is 5.10 Å². The van der Waals surface area contributed by atoms with Gasteiger partial charge in [0.15, 0.2) is 0 Å². The first-order chi connectivity index (χ1) is 10.5. The SMILES string of the molecule is CC(C)n1cc(-c2cc(-c3cc[c]c(F)c3)cnc2N)nn1. The number of benzene rings is 1. The Balaban J connectivity index is 2.06. The van der Waals surface area contributed by atoms with E-state index in [1.165, 1.54) is 12.1 Å². The number of nitrogen functional groups attached to an aromatic ring is 1. The lowest BCUT2D eigenvalue weighted by Crippen LogP contribution is -2.00. The van der Waals surface area contributed by atoms with E-state index in [0.29, 0.717) is 22.6 Å². The van der Waals surface area contributed by atoms with E-state index >= 15 is 0 Å². The number of aromatic nitrogens is 4. The Morgan fingerprint density at radius 2 is 2.09 bits per heavy atom. The zero-order valence-electron chi connectivity index (χ0n) is 12.3. The first-order valence-corrected chi connectivity index (χ1v) is 6.90. The van der Waals surface area contributed by atoms with Gasteiger partial charge in [0.1, 0.15) is 17.3 Å². The molecule has 3 rings (SSSR count). The lowest BCUT2D eigenvalue weighted by Gasteiger charge is -2.06. The standard InChI is InChI=1S/C16H15FN5/c1-10(2)22-9-15(20-21-22)14-7-12(8-19-16(14)18)11-4-3-5-13(17)6-11/h3-4,6-10H,1-2H3,(H2,18,19). The number of nitrogens with zero attached hydrogens (tertiary/aromatic N) is 4. The van der Waals surface area contributed by atoms with Crippen LogP contribution in [0.25, 0.3) is 22.4 Å². The molecule has 0 aliphatic rings. The molecule has 0 aliphatic heterocycles. The minimum Gasteiger partial charge on any atom is -0.383 e. The highest BCUT2D eigenvalue weighted by Crippen LogP contribution is 2.28. The molecule has 0 saturated heterocycles. The maximum absolute atomic E-state index is 13.3. The van der Waals surface area contributed by atoms with Crippen molar-refractivity contribution in [1.82, 2.24) is 20.0 Å². The predicted molar refractivity (Wildman–Crippen MR) is 82.3 cm³/mol. The van der Waals surface area contributed by atoms with Crippen LogP contribution in [0.3, 0.4) is 0 Å². The molecule has 0 atom stereocenters. The molecule has 1 aromatic carbocycles. The van der Waals surface area contributed by atoms with Gasteiger partial charge < -0.3 is 5.73 Å². The molecule has 1 radical (unpaired) electrons. The fourth-order valence-electron chi connectivity index (χ4n) is 2.11. The van der Waals surface area contributed by atoms with Crippen LogP contribution >= 0.6 is 0 Å². The summed E-state index contributed by atoms with van der Waals surface area (Å²) in [5.74, 6) is -0.0517. The first kappa shape index (κ1) is 14.2. The monoisotopic (exact) mass is 296 g/mol. The second-order valence-electron chi connectivity index (χ2n) is 5.26. The number of rotatable bonds is 3. The number of anilines is 1. The molecule has 5 nitrogen and oxygen atoms in total. The second-order valence-corrected chi connectivity index (χ2v) is 5.26. The van der Waals surface area contributed by atoms with Gasteiger partial charge in [-0.25, -0.2) is 14.1 Å². The topological polar surface area (TPSA) is 69.6 Å². The van der Waals surface area contributed by atoms with Crippen LogP contribution in [0.15, 0.2) is 36.7 Å². The molecular formula is C16H15FN5. The smallest absolute Gasteiger partial charge is 0.132 e. The minimum atomic E-state index is -0.415. The number of nitrogens with two attached hydrogens (primary N) is 1. The average Bonchev–Trinajstić information content (AvgIpc) is 2.97. The molecule has 0 aliphatic carbocycles. The Hall–Kier alpha value is -2.76. The van der Waals surface area contributed by atoms with Crippen LogP contribution in [-0.2, 0) is 0 Å². The van der Waals surface area contributed by atoms with Gasteiger partial charge >= 0.3 is 0 Å². The Labute approximate surface area is 127 Å². The van der Waals surface area contributed by atoms with E-state index in [2.05, 4.69) is 21.4 Å². The summed E-state index contributed by atoms with van der Waals surface area (Å²) in [6, 6.07) is 9.23. The molecule has 3 aromatic rings. The van der Waals surface area contributed by atoms with E-state index in [4.69, 9.17) is 5.73 Å². The highest BCUT2D eigenvalue weighted by Gasteiger charge is 2.12. The van der Waals surface area contributed by atoms with Crippen molar-refractivity contribution in [3.05, 3.63) is 48.5 Å². The lowest BCUT2D eigenvalue weighted by atomic mass is 10.0. The van der Waals surface area contributed by atoms with E-state index in [0.717, 1.165) is 5.56 Å². The highest BCUT2D eigenvalue weighted by atomic mass is 19.1. The van der Waals surface area contributed by atoms with E-state index in [1.807, 2.05) is 26.1 Å². The summed E-state index contributed by atoms with van der Waals surface area (Å²) in [4.78, 5) is 4.18. The number of hydrogen-bond donors (Lipinski definition) is 1. The van der Waals surface area contributed by atoms with Crippen LogP contribution in [0.5, 0.6) is 0 Å². The average molecular weight is 296 g/mol. The summed E-state index contributed by atoms with van der Waals surface area (Å²) in [6.07, 6.45) is 3.43. The summed E-state index contributed by atoms with van der Waals surface area (Å²) >= 11 is 0. The van der Waals surface area contributed by atoms with Gasteiger partial charge in [0, 0.05) is 29.4 Å². The second kappa shape index (κ2) is 5.55. The van der Waals surface area contributed by atoms with Gasteiger partial charge in [0.2, 0.25) is 0 Å². The van der Waals surface area contributed by atoms with E-state index in [-0.39, 0.29) is 6.04 Å². The molecule has 0 spiro atoms. The molecule has 2 aromatic heterocycles. The molecule has 0 bridgehead atoms. The van der Waals surface area contributed by atoms with Crippen molar-refractivity contribution in [2.75, 3.05) is 5.73 Å². The molecule has 111 valence electrons. The number of hydrogen-bond acceptors (Lipinski definition) is 4. The fraction of sp³-hybridized carbons (Fsp3) is 0.188. The summed E-state index contributed by atoms with van der Waals surface area (Å²) in [5.41, 5.74) is 8.74. The van der Waals surface area contributed by atoms with Crippen LogP contribution in [0.4, 0.5) is 10.2 Å². The van der Waals surface area contributed by atoms with Gasteiger partial charge in [0.05, 0.1) is 6.20 Å². The minimum absolute atomic E-state index is 0.206. The van der Waals surface area contributed by atoms with E-state index in [1.54, 1.807) is 16.9 Å². The lowest BCUT2D eigenvalue weighted by molar-refractivity contribution is 0.514. The van der Waals surface area contributed by atoms with Crippen molar-refractivity contribution >= 4 is 5.82 Å². The van der Waals surface area contributed by atoms with Crippen LogP contribution in [0, 0.1) is 11.9 Å². The molecule has 2 N–H and O–H groups in total. The van der Waals surface area contributed by atoms with Crippen molar-refractivity contribution in [2.45, 2.75) is 19.9 Å². The summed E-state index contributed by atoms with van der Waals surface area (Å²) in [6.45, 7) is 4.03. The quantitative estimate of drug-likeness (QED) is 0.806. The summed E-state index contributed by atoms with van der Waals surface area (Å²) < 4.78 is 15.1. The molecule has 0 saturated carbocycles. The molecular weight excluding hydrogens is 281 g/mol. The molecule has 22 heavy (non-hydrogen) atoms. The zero-order chi connectivity index (χ0) is 15.7. The normalized spacial score (nSPS) is 11.1. The van der Waals surface area contributed by atoms with Gasteiger partial charge in [-0.05, 0) is 31.5 Å². The van der Waals surface area contributed by atoms with Crippen molar-refractivity contribution in [3.8, 4) is 22.4 Å². The fourth-order valence-corrected chi connectivity index (χ4v) is 2.11. The van der Waals surface area contributed by atoms with E-state index in [9.17, 15) is 4.39 Å². The van der Waals surface area contributed by atoms with Gasteiger partial charge in [-0.2, -0.15) is 0 Å². The molecule has 0 fully saturated rings. The van der Waals surface area contributed by atoms with Gasteiger partial charge in [-0.3, -0.25) is 0 Å². The van der Waals surface area contributed by atoms with Crippen molar-refractivity contribution in [1.29, 1.82) is 0 Å². The van der Waals surface area contributed by atoms with Gasteiger partial charge in [-0.1, -0.05) is 17.3 Å².